The Labute approximate surface area is 179 Å². The van der Waals surface area contributed by atoms with Gasteiger partial charge in [0.1, 0.15) is 23.1 Å². The third-order valence-electron chi connectivity index (χ3n) is 4.18. The van der Waals surface area contributed by atoms with E-state index in [9.17, 15) is 22.4 Å². The van der Waals surface area contributed by atoms with Crippen molar-refractivity contribution in [2.45, 2.75) is 12.7 Å². The van der Waals surface area contributed by atoms with Crippen LogP contribution in [0, 0.1) is 5.82 Å². The monoisotopic (exact) mass is 472 g/mol. The first kappa shape index (κ1) is 21.0. The Kier molecular flexibility index (Phi) is 5.27. The molecular formula is C18H9ClF4N4O3S. The predicted molar refractivity (Wildman–Crippen MR) is 102 cm³/mol. The van der Waals surface area contributed by atoms with Crippen LogP contribution in [0.1, 0.15) is 5.69 Å². The fourth-order valence-corrected chi connectivity index (χ4v) is 3.94. The molecule has 4 aromatic rings. The summed E-state index contributed by atoms with van der Waals surface area (Å²) in [5, 5.41) is 18.0. The number of carboxylic acids is 1. The first-order valence-electron chi connectivity index (χ1n) is 8.37. The van der Waals surface area contributed by atoms with E-state index in [-0.39, 0.29) is 26.9 Å². The predicted octanol–water partition coefficient (Wildman–Crippen LogP) is 5.22. The van der Waals surface area contributed by atoms with E-state index >= 15 is 0 Å². The van der Waals surface area contributed by atoms with Crippen LogP contribution in [0.5, 0.6) is 0 Å². The molecular weight excluding hydrogens is 464 g/mol. The number of hydrogen-bond donors (Lipinski definition) is 1. The minimum atomic E-state index is -4.97. The minimum absolute atomic E-state index is 0.0256. The molecule has 0 atom stereocenters. The molecule has 3 heterocycles. The van der Waals surface area contributed by atoms with Crippen LogP contribution in [-0.2, 0) is 17.5 Å². The van der Waals surface area contributed by atoms with Gasteiger partial charge in [-0.1, -0.05) is 22.8 Å². The molecule has 0 unspecified atom stereocenters. The van der Waals surface area contributed by atoms with Crippen molar-refractivity contribution in [2.24, 2.45) is 0 Å². The van der Waals surface area contributed by atoms with Crippen LogP contribution in [0.2, 0.25) is 5.02 Å². The fraction of sp³-hybridized carbons (Fsp3) is 0.111. The van der Waals surface area contributed by atoms with Crippen molar-refractivity contribution in [1.29, 1.82) is 0 Å². The van der Waals surface area contributed by atoms with Crippen LogP contribution in [0.4, 0.5) is 17.6 Å². The van der Waals surface area contributed by atoms with Crippen LogP contribution in [-0.4, -0.2) is 31.0 Å². The number of carbonyl (C=O) groups is 1. The summed E-state index contributed by atoms with van der Waals surface area (Å²) in [6.07, 6.45) is -2.75. The van der Waals surface area contributed by atoms with Gasteiger partial charge in [0, 0.05) is 11.6 Å². The molecule has 160 valence electrons. The molecule has 1 aromatic carbocycles. The van der Waals surface area contributed by atoms with Crippen LogP contribution >= 0.6 is 22.9 Å². The largest absolute Gasteiger partial charge is 0.480 e. The molecule has 0 spiro atoms. The van der Waals surface area contributed by atoms with Crippen LogP contribution < -0.4 is 0 Å². The standard InChI is InChI=1S/C18H9ClF4N4O3S/c19-9-2-1-3-10(20)12(9)14-13(17-24-4-5-31-17)15(30-26-14)8-6-25-27(7-11(28)29)16(8)18(21,22)23/h1-6H,7H2,(H,28,29). The summed E-state index contributed by atoms with van der Waals surface area (Å²) in [5.41, 5.74) is -2.26. The van der Waals surface area contributed by atoms with Crippen LogP contribution in [0.15, 0.2) is 40.5 Å². The number of carboxylic acid groups (broad SMARTS) is 1. The fourth-order valence-electron chi connectivity index (χ4n) is 3.01. The Bertz CT molecular complexity index is 1250. The number of benzene rings is 1. The zero-order valence-electron chi connectivity index (χ0n) is 15.0. The Morgan fingerprint density at radius 3 is 2.68 bits per heavy atom. The lowest BCUT2D eigenvalue weighted by Crippen LogP contribution is -2.19. The number of aromatic nitrogens is 4. The van der Waals surface area contributed by atoms with Gasteiger partial charge in [-0.3, -0.25) is 4.79 Å². The molecule has 0 fully saturated rings. The van der Waals surface area contributed by atoms with E-state index in [2.05, 4.69) is 15.2 Å². The molecule has 0 aliphatic rings. The second-order valence-corrected chi connectivity index (χ2v) is 7.43. The molecule has 0 saturated heterocycles. The Balaban J connectivity index is 2.01. The van der Waals surface area contributed by atoms with E-state index in [1.165, 1.54) is 18.3 Å². The van der Waals surface area contributed by atoms with Crippen LogP contribution in [0.3, 0.4) is 0 Å². The van der Waals surface area contributed by atoms with Gasteiger partial charge in [0.15, 0.2) is 11.5 Å². The molecule has 0 aliphatic carbocycles. The first-order chi connectivity index (χ1) is 14.7. The van der Waals surface area contributed by atoms with Crippen LogP contribution in [0.25, 0.3) is 33.2 Å². The average Bonchev–Trinajstić information content (AvgIpc) is 3.38. The normalized spacial score (nSPS) is 11.8. The summed E-state index contributed by atoms with van der Waals surface area (Å²) in [4.78, 5) is 15.1. The van der Waals surface area contributed by atoms with E-state index in [1.807, 2.05) is 0 Å². The van der Waals surface area contributed by atoms with E-state index < -0.39 is 41.5 Å². The zero-order valence-corrected chi connectivity index (χ0v) is 16.6. The molecule has 4 rings (SSSR count). The van der Waals surface area contributed by atoms with E-state index in [1.54, 1.807) is 5.38 Å². The van der Waals surface area contributed by atoms with Crippen molar-refractivity contribution >= 4 is 28.9 Å². The second-order valence-electron chi connectivity index (χ2n) is 6.13. The molecule has 0 saturated carbocycles. The van der Waals surface area contributed by atoms with Crippen molar-refractivity contribution in [3.63, 3.8) is 0 Å². The highest BCUT2D eigenvalue weighted by Gasteiger charge is 2.41. The summed E-state index contributed by atoms with van der Waals surface area (Å²) < 4.78 is 61.5. The minimum Gasteiger partial charge on any atom is -0.480 e. The Morgan fingerprint density at radius 2 is 2.06 bits per heavy atom. The maximum atomic E-state index is 14.5. The Morgan fingerprint density at radius 1 is 1.29 bits per heavy atom. The maximum absolute atomic E-state index is 14.5. The van der Waals surface area contributed by atoms with Gasteiger partial charge in [-0.25, -0.2) is 14.1 Å². The van der Waals surface area contributed by atoms with E-state index in [0.29, 0.717) is 4.68 Å². The first-order valence-corrected chi connectivity index (χ1v) is 9.63. The SMILES string of the molecule is O=C(O)Cn1ncc(-c2onc(-c3c(F)cccc3Cl)c2-c2nccs2)c1C(F)(F)F. The quantitative estimate of drug-likeness (QED) is 0.400. The summed E-state index contributed by atoms with van der Waals surface area (Å²) in [6, 6.07) is 3.88. The zero-order chi connectivity index (χ0) is 22.3. The molecule has 7 nitrogen and oxygen atoms in total. The number of rotatable bonds is 5. The lowest BCUT2D eigenvalue weighted by atomic mass is 10.0. The molecule has 13 heteroatoms. The summed E-state index contributed by atoms with van der Waals surface area (Å²) in [5.74, 6) is -2.67. The smallest absolute Gasteiger partial charge is 0.433 e. The number of nitrogens with zero attached hydrogens (tertiary/aromatic N) is 4. The third-order valence-corrected chi connectivity index (χ3v) is 5.28. The van der Waals surface area contributed by atoms with Crippen molar-refractivity contribution in [3.05, 3.63) is 52.5 Å². The topological polar surface area (TPSA) is 94.0 Å². The highest BCUT2D eigenvalue weighted by atomic mass is 35.5. The lowest BCUT2D eigenvalue weighted by molar-refractivity contribution is -0.146. The van der Waals surface area contributed by atoms with Gasteiger partial charge in [-0.15, -0.1) is 11.3 Å². The molecule has 31 heavy (non-hydrogen) atoms. The lowest BCUT2D eigenvalue weighted by Gasteiger charge is -2.11. The van der Waals surface area contributed by atoms with Gasteiger partial charge in [-0.2, -0.15) is 18.3 Å². The molecule has 0 amide bonds. The summed E-state index contributed by atoms with van der Waals surface area (Å²) >= 11 is 7.18. The number of thiazole rings is 1. The van der Waals surface area contributed by atoms with Gasteiger partial charge in [0.2, 0.25) is 0 Å². The summed E-state index contributed by atoms with van der Waals surface area (Å²) in [7, 11) is 0. The van der Waals surface area contributed by atoms with Gasteiger partial charge in [-0.05, 0) is 12.1 Å². The second kappa shape index (κ2) is 7.78. The number of hydrogen-bond acceptors (Lipinski definition) is 6. The highest BCUT2D eigenvalue weighted by Crippen LogP contribution is 2.46. The van der Waals surface area contributed by atoms with Crippen molar-refractivity contribution in [2.75, 3.05) is 0 Å². The van der Waals surface area contributed by atoms with Gasteiger partial charge in [0.05, 0.1) is 27.9 Å². The molecule has 3 aromatic heterocycles. The van der Waals surface area contributed by atoms with E-state index in [4.69, 9.17) is 21.2 Å². The van der Waals surface area contributed by atoms with Gasteiger partial charge < -0.3 is 9.63 Å². The highest BCUT2D eigenvalue weighted by molar-refractivity contribution is 7.13. The average molecular weight is 473 g/mol. The van der Waals surface area contributed by atoms with E-state index in [0.717, 1.165) is 23.6 Å². The van der Waals surface area contributed by atoms with Crippen molar-refractivity contribution in [3.8, 4) is 33.2 Å². The van der Waals surface area contributed by atoms with Crippen molar-refractivity contribution < 1.29 is 32.0 Å². The Hall–Kier alpha value is -3.25. The molecule has 1 N–H and O–H groups in total. The van der Waals surface area contributed by atoms with Gasteiger partial charge >= 0.3 is 12.1 Å². The maximum Gasteiger partial charge on any atom is 0.433 e. The van der Waals surface area contributed by atoms with Crippen molar-refractivity contribution in [1.82, 2.24) is 19.9 Å². The summed E-state index contributed by atoms with van der Waals surface area (Å²) in [6.45, 7) is -1.03. The van der Waals surface area contributed by atoms with Gasteiger partial charge in [0.25, 0.3) is 0 Å². The molecule has 0 radical (unpaired) electrons. The molecule has 0 bridgehead atoms. The molecule has 0 aliphatic heterocycles. The number of alkyl halides is 3. The third kappa shape index (κ3) is 3.79. The number of aliphatic carboxylic acids is 1. The number of halogens is 5.